The number of rotatable bonds is 1. The molecule has 15 heavy (non-hydrogen) atoms. The minimum atomic E-state index is -0.850. The third kappa shape index (κ3) is 1.87. The molecule has 3 nitrogen and oxygen atoms in total. The molecule has 1 saturated heterocycles. The molecule has 0 amide bonds. The van der Waals surface area contributed by atoms with Crippen molar-refractivity contribution in [1.29, 1.82) is 0 Å². The van der Waals surface area contributed by atoms with Crippen molar-refractivity contribution < 1.29 is 8.78 Å². The van der Waals surface area contributed by atoms with Gasteiger partial charge in [0.25, 0.3) is 0 Å². The topological polar surface area (TPSA) is 41.3 Å². The number of benzene rings is 1. The fourth-order valence-corrected chi connectivity index (χ4v) is 1.76. The number of nitrogen functional groups attached to an aromatic ring is 1. The molecular weight excluding hydrogens is 200 g/mol. The Hall–Kier alpha value is -1.36. The second-order valence-corrected chi connectivity index (χ2v) is 3.54. The molecule has 3 N–H and O–H groups in total. The summed E-state index contributed by atoms with van der Waals surface area (Å²) in [5.41, 5.74) is 6.13. The van der Waals surface area contributed by atoms with Crippen LogP contribution in [0, 0.1) is 11.6 Å². The summed E-state index contributed by atoms with van der Waals surface area (Å²) in [6.07, 6.45) is 0. The standard InChI is InChI=1S/C10H13F2N3/c11-7-1-2-8(13)10(9(7)12)15-5-3-14-4-6-15/h1-2,14H,3-6,13H2. The van der Waals surface area contributed by atoms with Crippen molar-refractivity contribution in [2.24, 2.45) is 0 Å². The Kier molecular flexibility index (Phi) is 2.73. The Bertz CT molecular complexity index is 362. The van der Waals surface area contributed by atoms with Gasteiger partial charge < -0.3 is 16.0 Å². The third-order valence-electron chi connectivity index (χ3n) is 2.53. The van der Waals surface area contributed by atoms with E-state index in [1.807, 2.05) is 0 Å². The summed E-state index contributed by atoms with van der Waals surface area (Å²) in [6.45, 7) is 2.81. The minimum Gasteiger partial charge on any atom is -0.397 e. The second kappa shape index (κ2) is 4.02. The van der Waals surface area contributed by atoms with Crippen LogP contribution in [0.3, 0.4) is 0 Å². The highest BCUT2D eigenvalue weighted by Gasteiger charge is 2.19. The Morgan fingerprint density at radius 1 is 1.20 bits per heavy atom. The van der Waals surface area contributed by atoms with Crippen molar-refractivity contribution in [1.82, 2.24) is 5.32 Å². The third-order valence-corrected chi connectivity index (χ3v) is 2.53. The average Bonchev–Trinajstić information content (AvgIpc) is 2.26. The van der Waals surface area contributed by atoms with E-state index in [1.165, 1.54) is 6.07 Å². The molecule has 1 fully saturated rings. The largest absolute Gasteiger partial charge is 0.397 e. The molecule has 5 heteroatoms. The van der Waals surface area contributed by atoms with Crippen LogP contribution in [-0.2, 0) is 0 Å². The number of piperazine rings is 1. The van der Waals surface area contributed by atoms with Crippen molar-refractivity contribution in [3.05, 3.63) is 23.8 Å². The van der Waals surface area contributed by atoms with Crippen LogP contribution in [0.2, 0.25) is 0 Å². The smallest absolute Gasteiger partial charge is 0.184 e. The number of nitrogens with two attached hydrogens (primary N) is 1. The lowest BCUT2D eigenvalue weighted by atomic mass is 10.2. The van der Waals surface area contributed by atoms with Gasteiger partial charge in [-0.25, -0.2) is 8.78 Å². The van der Waals surface area contributed by atoms with Crippen molar-refractivity contribution >= 4 is 11.4 Å². The first-order chi connectivity index (χ1) is 7.20. The Labute approximate surface area is 86.9 Å². The molecule has 0 atom stereocenters. The summed E-state index contributed by atoms with van der Waals surface area (Å²) in [6, 6.07) is 2.45. The summed E-state index contributed by atoms with van der Waals surface area (Å²) in [4.78, 5) is 1.77. The van der Waals surface area contributed by atoms with Crippen LogP contribution in [0.25, 0.3) is 0 Å². The molecule has 0 saturated carbocycles. The highest BCUT2D eigenvalue weighted by Crippen LogP contribution is 2.28. The maximum Gasteiger partial charge on any atom is 0.184 e. The fourth-order valence-electron chi connectivity index (χ4n) is 1.76. The normalized spacial score (nSPS) is 16.8. The highest BCUT2D eigenvalue weighted by atomic mass is 19.2. The van der Waals surface area contributed by atoms with Crippen LogP contribution < -0.4 is 16.0 Å². The van der Waals surface area contributed by atoms with Gasteiger partial charge in [0.15, 0.2) is 11.6 Å². The zero-order valence-corrected chi connectivity index (χ0v) is 8.26. The van der Waals surface area contributed by atoms with Crippen molar-refractivity contribution in [3.8, 4) is 0 Å². The Balaban J connectivity index is 2.36. The van der Waals surface area contributed by atoms with Crippen molar-refractivity contribution in [3.63, 3.8) is 0 Å². The van der Waals surface area contributed by atoms with E-state index in [1.54, 1.807) is 4.90 Å². The lowest BCUT2D eigenvalue weighted by Crippen LogP contribution is -2.44. The summed E-state index contributed by atoms with van der Waals surface area (Å²) in [5, 5.41) is 3.14. The molecule has 0 aliphatic carbocycles. The first-order valence-corrected chi connectivity index (χ1v) is 4.89. The average molecular weight is 213 g/mol. The predicted octanol–water partition coefficient (Wildman–Crippen LogP) is 0.957. The molecule has 1 aliphatic heterocycles. The first-order valence-electron chi connectivity index (χ1n) is 4.89. The first kappa shape index (κ1) is 10.2. The monoisotopic (exact) mass is 213 g/mol. The zero-order valence-electron chi connectivity index (χ0n) is 8.26. The van der Waals surface area contributed by atoms with Crippen LogP contribution in [0.15, 0.2) is 12.1 Å². The molecule has 82 valence electrons. The van der Waals surface area contributed by atoms with E-state index < -0.39 is 11.6 Å². The van der Waals surface area contributed by atoms with Crippen LogP contribution in [0.1, 0.15) is 0 Å². The number of hydrogen-bond acceptors (Lipinski definition) is 3. The van der Waals surface area contributed by atoms with Crippen molar-refractivity contribution in [2.75, 3.05) is 36.8 Å². The summed E-state index contributed by atoms with van der Waals surface area (Å²) < 4.78 is 26.6. The molecule has 2 rings (SSSR count). The van der Waals surface area contributed by atoms with Gasteiger partial charge in [-0.1, -0.05) is 0 Å². The highest BCUT2D eigenvalue weighted by molar-refractivity contribution is 5.68. The lowest BCUT2D eigenvalue weighted by molar-refractivity contribution is 0.500. The van der Waals surface area contributed by atoms with E-state index >= 15 is 0 Å². The molecule has 1 aromatic rings. The van der Waals surface area contributed by atoms with E-state index in [-0.39, 0.29) is 11.4 Å². The van der Waals surface area contributed by atoms with Crippen LogP contribution in [-0.4, -0.2) is 26.2 Å². The summed E-state index contributed by atoms with van der Waals surface area (Å²) >= 11 is 0. The van der Waals surface area contributed by atoms with Gasteiger partial charge >= 0.3 is 0 Å². The van der Waals surface area contributed by atoms with Gasteiger partial charge in [-0.15, -0.1) is 0 Å². The van der Waals surface area contributed by atoms with Gasteiger partial charge in [0.1, 0.15) is 0 Å². The molecule has 0 unspecified atom stereocenters. The second-order valence-electron chi connectivity index (χ2n) is 3.54. The summed E-state index contributed by atoms with van der Waals surface area (Å²) in [7, 11) is 0. The van der Waals surface area contributed by atoms with Crippen molar-refractivity contribution in [2.45, 2.75) is 0 Å². The quantitative estimate of drug-likeness (QED) is 0.683. The number of nitrogens with zero attached hydrogens (tertiary/aromatic N) is 1. The van der Waals surface area contributed by atoms with Gasteiger partial charge in [0.2, 0.25) is 0 Å². The van der Waals surface area contributed by atoms with Gasteiger partial charge in [0, 0.05) is 26.2 Å². The van der Waals surface area contributed by atoms with Crippen LogP contribution >= 0.6 is 0 Å². The molecule has 0 bridgehead atoms. The molecule has 1 aromatic carbocycles. The maximum absolute atomic E-state index is 13.5. The van der Waals surface area contributed by atoms with E-state index in [2.05, 4.69) is 5.32 Å². The Morgan fingerprint density at radius 2 is 1.87 bits per heavy atom. The molecule has 1 aliphatic rings. The maximum atomic E-state index is 13.5. The van der Waals surface area contributed by atoms with Gasteiger partial charge in [-0.3, -0.25) is 0 Å². The van der Waals surface area contributed by atoms with E-state index in [4.69, 9.17) is 5.73 Å². The van der Waals surface area contributed by atoms with Crippen LogP contribution in [0.4, 0.5) is 20.2 Å². The Morgan fingerprint density at radius 3 is 2.53 bits per heavy atom. The number of hydrogen-bond donors (Lipinski definition) is 2. The number of anilines is 2. The summed E-state index contributed by atoms with van der Waals surface area (Å²) in [5.74, 6) is -1.70. The molecule has 0 aromatic heterocycles. The van der Waals surface area contributed by atoms with E-state index in [0.29, 0.717) is 13.1 Å². The van der Waals surface area contributed by atoms with Gasteiger partial charge in [-0.2, -0.15) is 0 Å². The van der Waals surface area contributed by atoms with Gasteiger partial charge in [0.05, 0.1) is 11.4 Å². The number of halogens is 2. The fraction of sp³-hybridized carbons (Fsp3) is 0.400. The minimum absolute atomic E-state index is 0.191. The molecule has 0 spiro atoms. The number of nitrogens with one attached hydrogen (secondary N) is 1. The molecular formula is C10H13F2N3. The zero-order chi connectivity index (χ0) is 10.8. The van der Waals surface area contributed by atoms with E-state index in [9.17, 15) is 8.78 Å². The van der Waals surface area contributed by atoms with Crippen LogP contribution in [0.5, 0.6) is 0 Å². The molecule has 0 radical (unpaired) electrons. The SMILES string of the molecule is Nc1ccc(F)c(F)c1N1CCNCC1. The lowest BCUT2D eigenvalue weighted by Gasteiger charge is -2.30. The predicted molar refractivity (Wildman–Crippen MR) is 55.9 cm³/mol. The van der Waals surface area contributed by atoms with Gasteiger partial charge in [-0.05, 0) is 12.1 Å². The molecule has 1 heterocycles. The van der Waals surface area contributed by atoms with E-state index in [0.717, 1.165) is 19.2 Å².